The van der Waals surface area contributed by atoms with Crippen LogP contribution in [0.5, 0.6) is 0 Å². The van der Waals surface area contributed by atoms with Crippen LogP contribution >= 0.6 is 0 Å². The van der Waals surface area contributed by atoms with Crippen molar-refractivity contribution in [1.82, 2.24) is 10.3 Å². The first-order valence-electron chi connectivity index (χ1n) is 7.68. The number of carbonyl (C=O) groups is 1. The number of pyridine rings is 1. The molecule has 0 aromatic carbocycles. The third-order valence-electron chi connectivity index (χ3n) is 3.11. The second-order valence-electron chi connectivity index (χ2n) is 5.44. The largest absolute Gasteiger partial charge is 0.384 e. The lowest BCUT2D eigenvalue weighted by atomic mass is 10.1. The topological polar surface area (TPSA) is 77.2 Å². The summed E-state index contributed by atoms with van der Waals surface area (Å²) in [5.74, 6) is 0.515. The van der Waals surface area contributed by atoms with E-state index in [1.165, 1.54) is 0 Å². The molecule has 1 aromatic rings. The zero-order valence-electron chi connectivity index (χ0n) is 13.3. The molecule has 0 bridgehead atoms. The number of unbranched alkanes of at least 4 members (excludes halogenated alkanes) is 1. The number of hydrogen-bond donors (Lipinski definition) is 2. The van der Waals surface area contributed by atoms with Crippen LogP contribution in [-0.2, 0) is 4.74 Å². The van der Waals surface area contributed by atoms with Gasteiger partial charge in [0.15, 0.2) is 0 Å². The van der Waals surface area contributed by atoms with Crippen molar-refractivity contribution in [3.05, 3.63) is 23.4 Å². The van der Waals surface area contributed by atoms with E-state index in [4.69, 9.17) is 10.5 Å². The summed E-state index contributed by atoms with van der Waals surface area (Å²) in [4.78, 5) is 16.3. The fourth-order valence-electron chi connectivity index (χ4n) is 1.83. The molecule has 0 unspecified atom stereocenters. The van der Waals surface area contributed by atoms with Gasteiger partial charge in [0.05, 0.1) is 0 Å². The van der Waals surface area contributed by atoms with Crippen molar-refractivity contribution in [3.8, 4) is 0 Å². The molecule has 1 amide bonds. The highest BCUT2D eigenvalue weighted by Gasteiger charge is 2.10. The number of nitrogen functional groups attached to an aromatic ring is 1. The molecule has 3 N–H and O–H groups in total. The van der Waals surface area contributed by atoms with Gasteiger partial charge in [0.2, 0.25) is 0 Å². The number of nitrogens with one attached hydrogen (secondary N) is 1. The smallest absolute Gasteiger partial charge is 0.251 e. The summed E-state index contributed by atoms with van der Waals surface area (Å²) >= 11 is 0. The van der Waals surface area contributed by atoms with Gasteiger partial charge in [-0.1, -0.05) is 27.2 Å². The zero-order chi connectivity index (χ0) is 15.7. The number of aromatic nitrogens is 1. The number of nitrogens with zero attached hydrogens (tertiary/aromatic N) is 1. The molecular formula is C16H27N3O2. The number of rotatable bonds is 9. The number of carbonyl (C=O) groups excluding carboxylic acids is 1. The van der Waals surface area contributed by atoms with Crippen LogP contribution in [0.25, 0.3) is 0 Å². The number of ether oxygens (including phenoxy) is 1. The van der Waals surface area contributed by atoms with E-state index >= 15 is 0 Å². The van der Waals surface area contributed by atoms with Crippen LogP contribution in [0.1, 0.15) is 62.0 Å². The predicted molar refractivity (Wildman–Crippen MR) is 85.4 cm³/mol. The molecule has 5 nitrogen and oxygen atoms in total. The monoisotopic (exact) mass is 293 g/mol. The molecular weight excluding hydrogens is 266 g/mol. The number of amides is 1. The van der Waals surface area contributed by atoms with Gasteiger partial charge in [0.1, 0.15) is 5.82 Å². The Labute approximate surface area is 127 Å². The molecule has 0 atom stereocenters. The van der Waals surface area contributed by atoms with Gasteiger partial charge in [-0.3, -0.25) is 4.79 Å². The molecule has 1 aromatic heterocycles. The first kappa shape index (κ1) is 17.4. The summed E-state index contributed by atoms with van der Waals surface area (Å²) in [6.07, 6.45) is 3.03. The maximum absolute atomic E-state index is 12.1. The summed E-state index contributed by atoms with van der Waals surface area (Å²) in [7, 11) is 0. The molecule has 0 spiro atoms. The summed E-state index contributed by atoms with van der Waals surface area (Å²) in [6, 6.07) is 3.41. The first-order chi connectivity index (χ1) is 10.0. The molecule has 1 heterocycles. The Morgan fingerprint density at radius 2 is 2.05 bits per heavy atom. The van der Waals surface area contributed by atoms with E-state index in [9.17, 15) is 4.79 Å². The van der Waals surface area contributed by atoms with E-state index in [0.29, 0.717) is 24.5 Å². The molecule has 0 saturated carbocycles. The van der Waals surface area contributed by atoms with E-state index in [1.54, 1.807) is 12.1 Å². The Morgan fingerprint density at radius 3 is 2.71 bits per heavy atom. The fourth-order valence-corrected chi connectivity index (χ4v) is 1.83. The molecule has 21 heavy (non-hydrogen) atoms. The summed E-state index contributed by atoms with van der Waals surface area (Å²) in [5.41, 5.74) is 7.15. The van der Waals surface area contributed by atoms with Crippen molar-refractivity contribution >= 4 is 11.7 Å². The molecule has 0 saturated heterocycles. The quantitative estimate of drug-likeness (QED) is 0.686. The van der Waals surface area contributed by atoms with Gasteiger partial charge in [0.25, 0.3) is 5.91 Å². The molecule has 118 valence electrons. The van der Waals surface area contributed by atoms with E-state index in [-0.39, 0.29) is 11.8 Å². The van der Waals surface area contributed by atoms with Crippen LogP contribution in [0.4, 0.5) is 5.82 Å². The van der Waals surface area contributed by atoms with E-state index in [2.05, 4.69) is 17.2 Å². The molecule has 0 aliphatic rings. The number of nitrogens with two attached hydrogens (primary N) is 1. The van der Waals surface area contributed by atoms with Gasteiger partial charge in [-0.15, -0.1) is 0 Å². The van der Waals surface area contributed by atoms with Gasteiger partial charge >= 0.3 is 0 Å². The molecule has 0 aliphatic heterocycles. The lowest BCUT2D eigenvalue weighted by Crippen LogP contribution is -2.25. The Hall–Kier alpha value is -1.62. The van der Waals surface area contributed by atoms with Gasteiger partial charge in [0, 0.05) is 31.0 Å². The summed E-state index contributed by atoms with van der Waals surface area (Å²) in [6.45, 7) is 8.26. The van der Waals surface area contributed by atoms with Crippen molar-refractivity contribution in [2.24, 2.45) is 0 Å². The minimum atomic E-state index is -0.112. The lowest BCUT2D eigenvalue weighted by molar-refractivity contribution is 0.0940. The zero-order valence-corrected chi connectivity index (χ0v) is 13.3. The van der Waals surface area contributed by atoms with Crippen LogP contribution in [-0.4, -0.2) is 30.6 Å². The average Bonchev–Trinajstić information content (AvgIpc) is 2.45. The predicted octanol–water partition coefficient (Wildman–Crippen LogP) is 2.72. The Morgan fingerprint density at radius 1 is 1.33 bits per heavy atom. The van der Waals surface area contributed by atoms with Crippen LogP contribution in [0.3, 0.4) is 0 Å². The van der Waals surface area contributed by atoms with Crippen molar-refractivity contribution in [2.75, 3.05) is 25.5 Å². The van der Waals surface area contributed by atoms with Crippen molar-refractivity contribution in [2.45, 2.75) is 46.0 Å². The summed E-state index contributed by atoms with van der Waals surface area (Å²) in [5, 5.41) is 2.88. The molecule has 0 fully saturated rings. The standard InChI is InChI=1S/C16H27N3O2/c1-4-5-8-21-9-6-7-18-16(20)13-10-14(12(2)3)19-15(17)11-13/h10-12H,4-9H2,1-3H3,(H2,17,19)(H,18,20). The molecule has 1 rings (SSSR count). The van der Waals surface area contributed by atoms with E-state index in [0.717, 1.165) is 31.6 Å². The normalized spacial score (nSPS) is 10.9. The number of anilines is 1. The van der Waals surface area contributed by atoms with Crippen LogP contribution in [0.2, 0.25) is 0 Å². The van der Waals surface area contributed by atoms with Gasteiger partial charge in [-0.2, -0.15) is 0 Å². The highest BCUT2D eigenvalue weighted by molar-refractivity contribution is 5.94. The maximum Gasteiger partial charge on any atom is 0.251 e. The minimum absolute atomic E-state index is 0.112. The van der Waals surface area contributed by atoms with Crippen LogP contribution < -0.4 is 11.1 Å². The molecule has 0 aliphatic carbocycles. The SMILES string of the molecule is CCCCOCCCNC(=O)c1cc(N)nc(C(C)C)c1. The molecule has 5 heteroatoms. The van der Waals surface area contributed by atoms with Crippen molar-refractivity contribution in [1.29, 1.82) is 0 Å². The highest BCUT2D eigenvalue weighted by atomic mass is 16.5. The van der Waals surface area contributed by atoms with Crippen molar-refractivity contribution in [3.63, 3.8) is 0 Å². The Bertz CT molecular complexity index is 447. The van der Waals surface area contributed by atoms with Gasteiger partial charge < -0.3 is 15.8 Å². The first-order valence-corrected chi connectivity index (χ1v) is 7.68. The third kappa shape index (κ3) is 6.58. The Balaban J connectivity index is 2.38. The highest BCUT2D eigenvalue weighted by Crippen LogP contribution is 2.15. The lowest BCUT2D eigenvalue weighted by Gasteiger charge is -2.10. The van der Waals surface area contributed by atoms with Crippen molar-refractivity contribution < 1.29 is 9.53 Å². The number of hydrogen-bond acceptors (Lipinski definition) is 4. The second-order valence-corrected chi connectivity index (χ2v) is 5.44. The summed E-state index contributed by atoms with van der Waals surface area (Å²) < 4.78 is 5.45. The Kier molecular flexibility index (Phi) is 7.75. The second kappa shape index (κ2) is 9.34. The van der Waals surface area contributed by atoms with Crippen LogP contribution in [0, 0.1) is 0 Å². The third-order valence-corrected chi connectivity index (χ3v) is 3.11. The van der Waals surface area contributed by atoms with E-state index in [1.807, 2.05) is 13.8 Å². The van der Waals surface area contributed by atoms with E-state index < -0.39 is 0 Å². The average molecular weight is 293 g/mol. The van der Waals surface area contributed by atoms with Gasteiger partial charge in [-0.25, -0.2) is 4.98 Å². The molecule has 0 radical (unpaired) electrons. The minimum Gasteiger partial charge on any atom is -0.384 e. The van der Waals surface area contributed by atoms with Crippen LogP contribution in [0.15, 0.2) is 12.1 Å². The maximum atomic E-state index is 12.1. The van der Waals surface area contributed by atoms with Gasteiger partial charge in [-0.05, 0) is 30.9 Å². The fraction of sp³-hybridized carbons (Fsp3) is 0.625.